The number of hydrogen-bond acceptors (Lipinski definition) is 5. The molecule has 1 saturated carbocycles. The van der Waals surface area contributed by atoms with Crippen molar-refractivity contribution in [2.45, 2.75) is 38.1 Å². The lowest BCUT2D eigenvalue weighted by Crippen LogP contribution is -2.52. The van der Waals surface area contributed by atoms with Gasteiger partial charge in [-0.05, 0) is 31.7 Å². The van der Waals surface area contributed by atoms with Crippen LogP contribution in [-0.4, -0.2) is 61.9 Å². The second-order valence-electron chi connectivity index (χ2n) is 6.19. The van der Waals surface area contributed by atoms with Crippen molar-refractivity contribution in [1.29, 1.82) is 0 Å². The molecule has 0 aromatic rings. The minimum Gasteiger partial charge on any atom is -0.469 e. The quantitative estimate of drug-likeness (QED) is 0.700. The van der Waals surface area contributed by atoms with Crippen LogP contribution in [0, 0.1) is 11.8 Å². The van der Waals surface area contributed by atoms with E-state index in [4.69, 9.17) is 9.84 Å². The van der Waals surface area contributed by atoms with Gasteiger partial charge < -0.3 is 15.2 Å². The first-order chi connectivity index (χ1) is 9.72. The molecule has 2 unspecified atom stereocenters. The Kier molecular flexibility index (Phi) is 6.26. The van der Waals surface area contributed by atoms with Crippen LogP contribution in [0.4, 0.5) is 0 Å². The third kappa shape index (κ3) is 4.43. The van der Waals surface area contributed by atoms with Crippen LogP contribution in [0.3, 0.4) is 0 Å². The summed E-state index contributed by atoms with van der Waals surface area (Å²) in [6, 6.07) is 0.333. The number of nitrogens with zero attached hydrogens (tertiary/aromatic N) is 1. The topological polar surface area (TPSA) is 61.8 Å². The molecule has 2 atom stereocenters. The number of hydrogen-bond donors (Lipinski definition) is 2. The molecular formula is C15H28N2O3. The van der Waals surface area contributed by atoms with Crippen molar-refractivity contribution in [2.24, 2.45) is 11.8 Å². The van der Waals surface area contributed by atoms with Crippen LogP contribution in [-0.2, 0) is 9.53 Å². The van der Waals surface area contributed by atoms with E-state index in [0.717, 1.165) is 25.4 Å². The number of carbonyl (C=O) groups is 1. The molecule has 116 valence electrons. The van der Waals surface area contributed by atoms with E-state index in [2.05, 4.69) is 10.2 Å². The van der Waals surface area contributed by atoms with E-state index in [-0.39, 0.29) is 18.5 Å². The first kappa shape index (κ1) is 15.7. The van der Waals surface area contributed by atoms with Gasteiger partial charge >= 0.3 is 5.97 Å². The maximum Gasteiger partial charge on any atom is 0.310 e. The van der Waals surface area contributed by atoms with E-state index in [1.807, 2.05) is 0 Å². The number of piperidine rings is 1. The fourth-order valence-electron chi connectivity index (χ4n) is 3.55. The molecule has 2 aliphatic rings. The Morgan fingerprint density at radius 2 is 2.10 bits per heavy atom. The number of aliphatic hydroxyl groups excluding tert-OH is 1. The molecule has 1 aliphatic heterocycles. The van der Waals surface area contributed by atoms with E-state index in [1.54, 1.807) is 0 Å². The number of nitrogens with one attached hydrogen (secondary N) is 1. The number of ether oxygens (including phenoxy) is 1. The molecule has 2 rings (SSSR count). The monoisotopic (exact) mass is 284 g/mol. The third-order valence-electron chi connectivity index (χ3n) is 4.65. The summed E-state index contributed by atoms with van der Waals surface area (Å²) in [5.74, 6) is 0.612. The SMILES string of the molecule is COC(=O)C1CC(NCC2CCCC2)CN(CCO)C1. The summed E-state index contributed by atoms with van der Waals surface area (Å²) < 4.78 is 4.89. The number of rotatable bonds is 6. The highest BCUT2D eigenvalue weighted by Crippen LogP contribution is 2.25. The van der Waals surface area contributed by atoms with Gasteiger partial charge in [-0.15, -0.1) is 0 Å². The third-order valence-corrected chi connectivity index (χ3v) is 4.65. The molecule has 5 nitrogen and oxygen atoms in total. The Balaban J connectivity index is 1.83. The van der Waals surface area contributed by atoms with Crippen molar-refractivity contribution in [2.75, 3.05) is 39.9 Å². The van der Waals surface area contributed by atoms with Gasteiger partial charge in [-0.1, -0.05) is 12.8 Å². The average Bonchev–Trinajstić information content (AvgIpc) is 2.97. The molecule has 0 bridgehead atoms. The second kappa shape index (κ2) is 7.96. The summed E-state index contributed by atoms with van der Waals surface area (Å²) in [6.07, 6.45) is 6.24. The first-order valence-electron chi connectivity index (χ1n) is 7.87. The normalized spacial score (nSPS) is 28.7. The lowest BCUT2D eigenvalue weighted by atomic mass is 9.93. The van der Waals surface area contributed by atoms with E-state index in [0.29, 0.717) is 19.1 Å². The van der Waals surface area contributed by atoms with Crippen LogP contribution >= 0.6 is 0 Å². The molecule has 0 radical (unpaired) electrons. The van der Waals surface area contributed by atoms with Gasteiger partial charge in [0.15, 0.2) is 0 Å². The molecule has 0 spiro atoms. The Morgan fingerprint density at radius 1 is 1.35 bits per heavy atom. The minimum absolute atomic E-state index is 0.0682. The summed E-state index contributed by atoms with van der Waals surface area (Å²) in [5, 5.41) is 12.7. The van der Waals surface area contributed by atoms with Crippen LogP contribution in [0.2, 0.25) is 0 Å². The summed E-state index contributed by atoms with van der Waals surface area (Å²) in [7, 11) is 1.45. The van der Waals surface area contributed by atoms with Gasteiger partial charge in [0.1, 0.15) is 0 Å². The highest BCUT2D eigenvalue weighted by atomic mass is 16.5. The van der Waals surface area contributed by atoms with Crippen LogP contribution in [0.25, 0.3) is 0 Å². The van der Waals surface area contributed by atoms with Gasteiger partial charge in [-0.3, -0.25) is 9.69 Å². The fourth-order valence-corrected chi connectivity index (χ4v) is 3.55. The van der Waals surface area contributed by atoms with Crippen LogP contribution < -0.4 is 5.32 Å². The highest BCUT2D eigenvalue weighted by molar-refractivity contribution is 5.72. The summed E-state index contributed by atoms with van der Waals surface area (Å²) in [6.45, 7) is 3.46. The lowest BCUT2D eigenvalue weighted by Gasteiger charge is -2.37. The van der Waals surface area contributed by atoms with E-state index in [1.165, 1.54) is 32.8 Å². The van der Waals surface area contributed by atoms with E-state index < -0.39 is 0 Å². The molecule has 1 heterocycles. The average molecular weight is 284 g/mol. The van der Waals surface area contributed by atoms with Gasteiger partial charge in [0.2, 0.25) is 0 Å². The Bertz CT molecular complexity index is 305. The molecule has 1 aliphatic carbocycles. The van der Waals surface area contributed by atoms with Crippen molar-refractivity contribution in [3.8, 4) is 0 Å². The summed E-state index contributed by atoms with van der Waals surface area (Å²) in [5.41, 5.74) is 0. The number of methoxy groups -OCH3 is 1. The van der Waals surface area contributed by atoms with Gasteiger partial charge in [0.25, 0.3) is 0 Å². The maximum absolute atomic E-state index is 11.8. The van der Waals surface area contributed by atoms with Crippen LogP contribution in [0.5, 0.6) is 0 Å². The van der Waals surface area contributed by atoms with Gasteiger partial charge in [-0.25, -0.2) is 0 Å². The summed E-state index contributed by atoms with van der Waals surface area (Å²) in [4.78, 5) is 13.9. The predicted molar refractivity (Wildman–Crippen MR) is 77.4 cm³/mol. The molecule has 0 amide bonds. The minimum atomic E-state index is -0.125. The van der Waals surface area contributed by atoms with Crippen molar-refractivity contribution < 1.29 is 14.6 Å². The molecule has 0 aromatic heterocycles. The Labute approximate surface area is 121 Å². The van der Waals surface area contributed by atoms with Crippen molar-refractivity contribution in [3.63, 3.8) is 0 Å². The van der Waals surface area contributed by atoms with E-state index >= 15 is 0 Å². The number of β-amino-alcohol motifs (C(OH)–C–C–N with tert-alkyl or cyclic N) is 1. The molecule has 0 aromatic carbocycles. The maximum atomic E-state index is 11.8. The number of aliphatic hydroxyl groups is 1. The molecule has 1 saturated heterocycles. The smallest absolute Gasteiger partial charge is 0.310 e. The number of likely N-dealkylation sites (tertiary alicyclic amines) is 1. The van der Waals surface area contributed by atoms with Crippen molar-refractivity contribution in [3.05, 3.63) is 0 Å². The second-order valence-corrected chi connectivity index (χ2v) is 6.19. The van der Waals surface area contributed by atoms with Gasteiger partial charge in [0, 0.05) is 25.7 Å². The van der Waals surface area contributed by atoms with Crippen molar-refractivity contribution >= 4 is 5.97 Å². The zero-order valence-electron chi connectivity index (χ0n) is 12.5. The van der Waals surface area contributed by atoms with Gasteiger partial charge in [0.05, 0.1) is 19.6 Å². The number of esters is 1. The van der Waals surface area contributed by atoms with Crippen molar-refractivity contribution in [1.82, 2.24) is 10.2 Å². The molecule has 20 heavy (non-hydrogen) atoms. The summed E-state index contributed by atoms with van der Waals surface area (Å²) >= 11 is 0. The van der Waals surface area contributed by atoms with Gasteiger partial charge in [-0.2, -0.15) is 0 Å². The fraction of sp³-hybridized carbons (Fsp3) is 0.933. The zero-order chi connectivity index (χ0) is 14.4. The molecule has 2 N–H and O–H groups in total. The molecular weight excluding hydrogens is 256 g/mol. The van der Waals surface area contributed by atoms with E-state index in [9.17, 15) is 4.79 Å². The predicted octanol–water partition coefficient (Wildman–Crippen LogP) is 0.622. The van der Waals surface area contributed by atoms with Crippen LogP contribution in [0.15, 0.2) is 0 Å². The largest absolute Gasteiger partial charge is 0.469 e. The Morgan fingerprint density at radius 3 is 2.75 bits per heavy atom. The standard InChI is InChI=1S/C15H28N2O3/c1-20-15(19)13-8-14(11-17(10-13)6-7-18)16-9-12-4-2-3-5-12/h12-14,16,18H,2-11H2,1H3. The molecule has 5 heteroatoms. The molecule has 2 fully saturated rings. The highest BCUT2D eigenvalue weighted by Gasteiger charge is 2.32. The lowest BCUT2D eigenvalue weighted by molar-refractivity contribution is -0.147. The first-order valence-corrected chi connectivity index (χ1v) is 7.87. The number of carbonyl (C=O) groups excluding carboxylic acids is 1. The van der Waals surface area contributed by atoms with Crippen LogP contribution in [0.1, 0.15) is 32.1 Å². The Hall–Kier alpha value is -0.650. The zero-order valence-corrected chi connectivity index (χ0v) is 12.5.